The smallest absolute Gasteiger partial charge is 0.113 e. The number of allylic oxidation sites excluding steroid dienone is 2. The second-order valence-corrected chi connectivity index (χ2v) is 9.25. The molecule has 2 atom stereocenters. The van der Waals surface area contributed by atoms with Crippen molar-refractivity contribution in [1.82, 2.24) is 0 Å². The molecule has 0 aromatic rings. The van der Waals surface area contributed by atoms with E-state index < -0.39 is 18.4 Å². The van der Waals surface area contributed by atoms with Gasteiger partial charge in [-0.05, 0) is 17.9 Å². The zero-order chi connectivity index (χ0) is 14.6. The molecule has 0 spiro atoms. The summed E-state index contributed by atoms with van der Waals surface area (Å²) >= 11 is 38.7. The van der Waals surface area contributed by atoms with Gasteiger partial charge in [-0.3, -0.25) is 0 Å². The summed E-state index contributed by atoms with van der Waals surface area (Å²) in [7, 11) is 0. The van der Waals surface area contributed by atoms with Crippen molar-refractivity contribution in [2.24, 2.45) is 11.8 Å². The second-order valence-electron chi connectivity index (χ2n) is 5.32. The molecule has 0 radical (unpaired) electrons. The molecule has 0 amide bonds. The molecule has 0 aliphatic heterocycles. The van der Waals surface area contributed by atoms with E-state index in [4.69, 9.17) is 69.6 Å². The predicted octanol–water partition coefficient (Wildman–Crippen LogP) is 6.17. The molecular weight excluding hydrogens is 357 g/mol. The molecule has 0 bridgehead atoms. The molecule has 0 saturated heterocycles. The molecule has 1 aliphatic rings. The van der Waals surface area contributed by atoms with E-state index in [9.17, 15) is 0 Å². The van der Waals surface area contributed by atoms with Gasteiger partial charge in [0.15, 0.2) is 8.67 Å². The minimum atomic E-state index is -1.61. The molecule has 0 N–H and O–H groups in total. The van der Waals surface area contributed by atoms with E-state index in [0.29, 0.717) is 0 Å². The topological polar surface area (TPSA) is 0 Å². The van der Waals surface area contributed by atoms with Crippen LogP contribution >= 0.6 is 69.6 Å². The first-order chi connectivity index (χ1) is 7.84. The lowest BCUT2D eigenvalue weighted by atomic mass is 9.69. The van der Waals surface area contributed by atoms with Crippen LogP contribution in [-0.2, 0) is 0 Å². The Labute approximate surface area is 139 Å². The van der Waals surface area contributed by atoms with Crippen LogP contribution in [0.5, 0.6) is 0 Å². The van der Waals surface area contributed by atoms with Crippen molar-refractivity contribution < 1.29 is 0 Å². The van der Waals surface area contributed by atoms with Gasteiger partial charge in [-0.25, -0.2) is 0 Å². The second kappa shape index (κ2) is 5.04. The van der Waals surface area contributed by atoms with E-state index in [0.717, 1.165) is 0 Å². The van der Waals surface area contributed by atoms with Gasteiger partial charge in [0.05, 0.1) is 4.87 Å². The molecule has 2 unspecified atom stereocenters. The van der Waals surface area contributed by atoms with Crippen LogP contribution in [0.2, 0.25) is 0 Å². The third-order valence-corrected chi connectivity index (χ3v) is 8.19. The Morgan fingerprint density at radius 2 is 1.17 bits per heavy atom. The molecular formula is C12H16Cl6. The van der Waals surface area contributed by atoms with Crippen molar-refractivity contribution in [1.29, 1.82) is 0 Å². The van der Waals surface area contributed by atoms with Gasteiger partial charge in [0.2, 0.25) is 0 Å². The summed E-state index contributed by atoms with van der Waals surface area (Å²) in [6.07, 6.45) is 3.24. The van der Waals surface area contributed by atoms with E-state index in [1.54, 1.807) is 6.08 Å². The molecule has 0 heterocycles. The van der Waals surface area contributed by atoms with E-state index in [1.807, 2.05) is 27.7 Å². The van der Waals surface area contributed by atoms with E-state index >= 15 is 0 Å². The SMILES string of the molecule is CC(C)C1(Cl)C=CC(Cl)(Cl)C(Cl)(Cl)C1(Cl)C(C)C. The summed E-state index contributed by atoms with van der Waals surface area (Å²) < 4.78 is -3.10. The monoisotopic (exact) mass is 370 g/mol. The number of halogens is 6. The molecule has 0 aromatic carbocycles. The third kappa shape index (κ3) is 2.11. The average molecular weight is 373 g/mol. The highest BCUT2D eigenvalue weighted by molar-refractivity contribution is 6.67. The molecule has 1 rings (SSSR count). The van der Waals surface area contributed by atoms with Crippen LogP contribution in [-0.4, -0.2) is 18.4 Å². The van der Waals surface area contributed by atoms with E-state index in [-0.39, 0.29) is 11.8 Å². The number of hydrogen-bond donors (Lipinski definition) is 0. The molecule has 1 aliphatic carbocycles. The highest BCUT2D eigenvalue weighted by Crippen LogP contribution is 2.65. The lowest BCUT2D eigenvalue weighted by Gasteiger charge is -2.57. The quantitative estimate of drug-likeness (QED) is 0.401. The van der Waals surface area contributed by atoms with Gasteiger partial charge in [0.1, 0.15) is 4.87 Å². The fourth-order valence-electron chi connectivity index (χ4n) is 2.35. The van der Waals surface area contributed by atoms with Crippen molar-refractivity contribution in [2.45, 2.75) is 46.1 Å². The number of hydrogen-bond acceptors (Lipinski definition) is 0. The molecule has 18 heavy (non-hydrogen) atoms. The molecule has 6 heteroatoms. The van der Waals surface area contributed by atoms with Crippen LogP contribution in [0.1, 0.15) is 27.7 Å². The Balaban J connectivity index is 3.60. The highest BCUT2D eigenvalue weighted by Gasteiger charge is 2.71. The van der Waals surface area contributed by atoms with Crippen LogP contribution in [0.25, 0.3) is 0 Å². The summed E-state index contributed by atoms with van der Waals surface area (Å²) in [4.78, 5) is -2.13. The van der Waals surface area contributed by atoms with Crippen molar-refractivity contribution >= 4 is 69.6 Å². The summed E-state index contributed by atoms with van der Waals surface area (Å²) in [6.45, 7) is 7.70. The highest BCUT2D eigenvalue weighted by atomic mass is 35.5. The van der Waals surface area contributed by atoms with Crippen LogP contribution < -0.4 is 0 Å². The maximum Gasteiger partial charge on any atom is 0.175 e. The molecule has 0 fully saturated rings. The number of alkyl halides is 6. The van der Waals surface area contributed by atoms with Crippen LogP contribution in [0, 0.1) is 11.8 Å². The first-order valence-electron chi connectivity index (χ1n) is 5.68. The van der Waals surface area contributed by atoms with E-state index in [2.05, 4.69) is 0 Å². The minimum Gasteiger partial charge on any atom is -0.113 e. The van der Waals surface area contributed by atoms with Crippen molar-refractivity contribution in [3.8, 4) is 0 Å². The predicted molar refractivity (Wildman–Crippen MR) is 84.9 cm³/mol. The zero-order valence-corrected chi connectivity index (χ0v) is 15.1. The molecule has 106 valence electrons. The van der Waals surface area contributed by atoms with Crippen molar-refractivity contribution in [2.75, 3.05) is 0 Å². The van der Waals surface area contributed by atoms with Gasteiger partial charge in [-0.1, -0.05) is 80.2 Å². The Kier molecular flexibility index (Phi) is 4.91. The normalized spacial score (nSPS) is 38.4. The Bertz CT molecular complexity index is 360. The summed E-state index contributed by atoms with van der Waals surface area (Å²) in [5.74, 6) is -0.118. The maximum atomic E-state index is 6.77. The molecule has 0 saturated carbocycles. The van der Waals surface area contributed by atoms with Crippen LogP contribution in [0.3, 0.4) is 0 Å². The Morgan fingerprint density at radius 3 is 1.50 bits per heavy atom. The van der Waals surface area contributed by atoms with Crippen molar-refractivity contribution in [3.63, 3.8) is 0 Å². The first-order valence-corrected chi connectivity index (χ1v) is 7.95. The molecule has 0 aromatic heterocycles. The Morgan fingerprint density at radius 1 is 0.722 bits per heavy atom. The van der Waals surface area contributed by atoms with Gasteiger partial charge in [0.25, 0.3) is 0 Å². The largest absolute Gasteiger partial charge is 0.175 e. The zero-order valence-electron chi connectivity index (χ0n) is 10.6. The Hall–Kier alpha value is 1.48. The van der Waals surface area contributed by atoms with Crippen LogP contribution in [0.4, 0.5) is 0 Å². The van der Waals surface area contributed by atoms with Gasteiger partial charge in [0, 0.05) is 0 Å². The van der Waals surface area contributed by atoms with Gasteiger partial charge in [-0.15, -0.1) is 23.2 Å². The van der Waals surface area contributed by atoms with Gasteiger partial charge >= 0.3 is 0 Å². The first kappa shape index (κ1) is 17.5. The standard InChI is InChI=1S/C12H16Cl6/c1-7(2)9(13)5-6-10(14,15)12(17,18)11(9,16)8(3)4/h5-8H,1-4H3. The fourth-order valence-corrected chi connectivity index (χ4v) is 4.70. The summed E-state index contributed by atoms with van der Waals surface area (Å²) in [5.41, 5.74) is 0. The van der Waals surface area contributed by atoms with Crippen LogP contribution in [0.15, 0.2) is 12.2 Å². The van der Waals surface area contributed by atoms with Gasteiger partial charge in [-0.2, -0.15) is 0 Å². The fraction of sp³-hybridized carbons (Fsp3) is 0.833. The molecule has 0 nitrogen and oxygen atoms in total. The summed E-state index contributed by atoms with van der Waals surface area (Å²) in [5, 5.41) is 0. The third-order valence-electron chi connectivity index (χ3n) is 3.60. The summed E-state index contributed by atoms with van der Waals surface area (Å²) in [6, 6.07) is 0. The van der Waals surface area contributed by atoms with E-state index in [1.165, 1.54) is 6.08 Å². The van der Waals surface area contributed by atoms with Crippen molar-refractivity contribution in [3.05, 3.63) is 12.2 Å². The lowest BCUT2D eigenvalue weighted by Crippen LogP contribution is -2.68. The average Bonchev–Trinajstić information content (AvgIpc) is 2.21. The number of rotatable bonds is 2. The van der Waals surface area contributed by atoms with Gasteiger partial charge < -0.3 is 0 Å². The lowest BCUT2D eigenvalue weighted by molar-refractivity contribution is 0.257. The minimum absolute atomic E-state index is 0.0108. The maximum absolute atomic E-state index is 6.77.